The van der Waals surface area contributed by atoms with Gasteiger partial charge in [-0.1, -0.05) is 6.92 Å². The quantitative estimate of drug-likeness (QED) is 0.731. The van der Waals surface area contributed by atoms with Gasteiger partial charge in [0.05, 0.1) is 12.8 Å². The molecule has 0 spiro atoms. The Labute approximate surface area is 123 Å². The van der Waals surface area contributed by atoms with E-state index in [0.717, 1.165) is 24.4 Å². The zero-order valence-corrected chi connectivity index (χ0v) is 12.9. The van der Waals surface area contributed by atoms with Crippen LogP contribution in [0.1, 0.15) is 17.6 Å². The molecule has 0 radical (unpaired) electrons. The number of rotatable bonds is 8. The highest BCUT2D eigenvalue weighted by Crippen LogP contribution is 2.22. The van der Waals surface area contributed by atoms with Crippen LogP contribution in [0.4, 0.5) is 0 Å². The molecule has 2 aromatic heterocycles. The van der Waals surface area contributed by atoms with Crippen LogP contribution in [0.15, 0.2) is 39.2 Å². The van der Waals surface area contributed by atoms with E-state index in [1.165, 1.54) is 17.6 Å². The van der Waals surface area contributed by atoms with E-state index in [2.05, 4.69) is 10.0 Å². The van der Waals surface area contributed by atoms with E-state index < -0.39 is 10.0 Å². The van der Waals surface area contributed by atoms with Crippen LogP contribution >= 0.6 is 11.3 Å². The normalized spacial score (nSPS) is 11.8. The second kappa shape index (κ2) is 7.03. The number of thiophene rings is 1. The minimum atomic E-state index is -3.46. The Balaban J connectivity index is 1.95. The van der Waals surface area contributed by atoms with E-state index in [4.69, 9.17) is 4.42 Å². The van der Waals surface area contributed by atoms with Crippen molar-refractivity contribution in [1.29, 1.82) is 0 Å². The molecular weight excluding hydrogens is 296 g/mol. The van der Waals surface area contributed by atoms with Gasteiger partial charge in [0.1, 0.15) is 9.97 Å². The van der Waals surface area contributed by atoms with Crippen LogP contribution in [0.5, 0.6) is 0 Å². The summed E-state index contributed by atoms with van der Waals surface area (Å²) < 4.78 is 32.2. The van der Waals surface area contributed by atoms with Crippen molar-refractivity contribution >= 4 is 21.4 Å². The van der Waals surface area contributed by atoms with E-state index in [0.29, 0.717) is 9.97 Å². The van der Waals surface area contributed by atoms with Gasteiger partial charge in [0.2, 0.25) is 10.0 Å². The van der Waals surface area contributed by atoms with Crippen LogP contribution in [-0.4, -0.2) is 21.5 Å². The standard InChI is InChI=1S/C13H18N2O3S2/c1-2-14-8-7-12-5-6-13(19-12)20(16,17)15-10-11-4-3-9-18-11/h3-6,9,14-15H,2,7-8,10H2,1H3. The van der Waals surface area contributed by atoms with Crippen molar-refractivity contribution in [1.82, 2.24) is 10.0 Å². The molecule has 7 heteroatoms. The Morgan fingerprint density at radius 1 is 1.30 bits per heavy atom. The Kier molecular flexibility index (Phi) is 5.36. The van der Waals surface area contributed by atoms with Gasteiger partial charge < -0.3 is 9.73 Å². The van der Waals surface area contributed by atoms with Gasteiger partial charge in [-0.05, 0) is 43.8 Å². The van der Waals surface area contributed by atoms with Crippen molar-refractivity contribution in [3.63, 3.8) is 0 Å². The molecule has 0 aliphatic heterocycles. The number of hydrogen-bond donors (Lipinski definition) is 2. The number of hydrogen-bond acceptors (Lipinski definition) is 5. The van der Waals surface area contributed by atoms with Crippen LogP contribution in [0.3, 0.4) is 0 Å². The number of likely N-dealkylation sites (N-methyl/N-ethyl adjacent to an activating group) is 1. The molecule has 0 amide bonds. The van der Waals surface area contributed by atoms with Crippen molar-refractivity contribution in [2.24, 2.45) is 0 Å². The lowest BCUT2D eigenvalue weighted by atomic mass is 10.3. The average Bonchev–Trinajstić information content (AvgIpc) is 3.08. The first-order valence-corrected chi connectivity index (χ1v) is 8.73. The molecule has 0 aliphatic rings. The van der Waals surface area contributed by atoms with Gasteiger partial charge in [-0.2, -0.15) is 0 Å². The predicted octanol–water partition coefficient (Wildman–Crippen LogP) is 1.97. The van der Waals surface area contributed by atoms with E-state index in [9.17, 15) is 8.42 Å². The first-order chi connectivity index (χ1) is 9.62. The molecule has 0 unspecified atom stereocenters. The highest BCUT2D eigenvalue weighted by Gasteiger charge is 2.16. The van der Waals surface area contributed by atoms with E-state index in [-0.39, 0.29) is 6.54 Å². The third kappa shape index (κ3) is 4.17. The molecule has 0 saturated carbocycles. The fourth-order valence-corrected chi connectivity index (χ4v) is 4.07. The van der Waals surface area contributed by atoms with E-state index in [1.54, 1.807) is 18.2 Å². The summed E-state index contributed by atoms with van der Waals surface area (Å²) in [5.41, 5.74) is 0. The topological polar surface area (TPSA) is 71.3 Å². The lowest BCUT2D eigenvalue weighted by Gasteiger charge is -2.02. The van der Waals surface area contributed by atoms with Crippen molar-refractivity contribution < 1.29 is 12.8 Å². The number of nitrogens with one attached hydrogen (secondary N) is 2. The average molecular weight is 314 g/mol. The Hall–Kier alpha value is -1.15. The molecule has 110 valence electrons. The van der Waals surface area contributed by atoms with Gasteiger partial charge in [-0.3, -0.25) is 0 Å². The second-order valence-corrected chi connectivity index (χ2v) is 7.39. The van der Waals surface area contributed by atoms with E-state index in [1.807, 2.05) is 13.0 Å². The Morgan fingerprint density at radius 2 is 2.15 bits per heavy atom. The summed E-state index contributed by atoms with van der Waals surface area (Å²) in [6, 6.07) is 6.98. The lowest BCUT2D eigenvalue weighted by Crippen LogP contribution is -2.22. The molecule has 2 aromatic rings. The molecule has 0 atom stereocenters. The summed E-state index contributed by atoms with van der Waals surface area (Å²) in [5, 5.41) is 3.22. The van der Waals surface area contributed by atoms with Crippen molar-refractivity contribution in [3.05, 3.63) is 41.2 Å². The van der Waals surface area contributed by atoms with Crippen LogP contribution in [0, 0.1) is 0 Å². The maximum Gasteiger partial charge on any atom is 0.250 e. The summed E-state index contributed by atoms with van der Waals surface area (Å²) in [7, 11) is -3.46. The van der Waals surface area contributed by atoms with Gasteiger partial charge in [-0.15, -0.1) is 11.3 Å². The third-order valence-electron chi connectivity index (χ3n) is 2.72. The number of furan rings is 1. The van der Waals surface area contributed by atoms with Crippen molar-refractivity contribution in [3.8, 4) is 0 Å². The van der Waals surface area contributed by atoms with Gasteiger partial charge in [-0.25, -0.2) is 13.1 Å². The smallest absolute Gasteiger partial charge is 0.250 e. The molecule has 2 heterocycles. The summed E-state index contributed by atoms with van der Waals surface area (Å²) in [6.45, 7) is 3.99. The minimum absolute atomic E-state index is 0.167. The molecule has 20 heavy (non-hydrogen) atoms. The largest absolute Gasteiger partial charge is 0.468 e. The monoisotopic (exact) mass is 314 g/mol. The zero-order valence-electron chi connectivity index (χ0n) is 11.3. The fourth-order valence-electron chi connectivity index (χ4n) is 1.68. The van der Waals surface area contributed by atoms with Gasteiger partial charge in [0, 0.05) is 4.88 Å². The number of sulfonamides is 1. The maximum absolute atomic E-state index is 12.1. The van der Waals surface area contributed by atoms with Crippen molar-refractivity contribution in [2.75, 3.05) is 13.1 Å². The van der Waals surface area contributed by atoms with Crippen LogP contribution < -0.4 is 10.0 Å². The zero-order chi connectivity index (χ0) is 14.4. The molecular formula is C13H18N2O3S2. The highest BCUT2D eigenvalue weighted by atomic mass is 32.2. The molecule has 0 aliphatic carbocycles. The fraction of sp³-hybridized carbons (Fsp3) is 0.385. The van der Waals surface area contributed by atoms with Crippen molar-refractivity contribution in [2.45, 2.75) is 24.1 Å². The van der Waals surface area contributed by atoms with Gasteiger partial charge in [0.15, 0.2) is 0 Å². The van der Waals surface area contributed by atoms with E-state index >= 15 is 0 Å². The molecule has 0 saturated heterocycles. The SMILES string of the molecule is CCNCCc1ccc(S(=O)(=O)NCc2ccco2)s1. The van der Waals surface area contributed by atoms with Crippen LogP contribution in [0.2, 0.25) is 0 Å². The molecule has 5 nitrogen and oxygen atoms in total. The molecule has 2 N–H and O–H groups in total. The third-order valence-corrected chi connectivity index (χ3v) is 5.75. The molecule has 0 aromatic carbocycles. The van der Waals surface area contributed by atoms with Crippen LogP contribution in [-0.2, 0) is 23.0 Å². The first kappa shape index (κ1) is 15.2. The summed E-state index contributed by atoms with van der Waals surface area (Å²) in [6.07, 6.45) is 2.36. The lowest BCUT2D eigenvalue weighted by molar-refractivity contribution is 0.499. The molecule has 0 fully saturated rings. The summed E-state index contributed by atoms with van der Waals surface area (Å²) in [5.74, 6) is 0.595. The van der Waals surface area contributed by atoms with Crippen LogP contribution in [0.25, 0.3) is 0 Å². The molecule has 2 rings (SSSR count). The Bertz CT molecular complexity index is 618. The first-order valence-electron chi connectivity index (χ1n) is 6.43. The minimum Gasteiger partial charge on any atom is -0.468 e. The highest BCUT2D eigenvalue weighted by molar-refractivity contribution is 7.91. The second-order valence-electron chi connectivity index (χ2n) is 4.23. The summed E-state index contributed by atoms with van der Waals surface area (Å²) >= 11 is 1.31. The Morgan fingerprint density at radius 3 is 2.85 bits per heavy atom. The maximum atomic E-state index is 12.1. The predicted molar refractivity (Wildman–Crippen MR) is 79.3 cm³/mol. The summed E-state index contributed by atoms with van der Waals surface area (Å²) in [4.78, 5) is 1.06. The van der Waals surface area contributed by atoms with Gasteiger partial charge >= 0.3 is 0 Å². The van der Waals surface area contributed by atoms with Gasteiger partial charge in [0.25, 0.3) is 0 Å². The molecule has 0 bridgehead atoms.